The molecule has 1 aliphatic heterocycles. The summed E-state index contributed by atoms with van der Waals surface area (Å²) in [5.74, 6) is -1.11. The van der Waals surface area contributed by atoms with Crippen LogP contribution < -0.4 is 14.9 Å². The molecule has 0 saturated carbocycles. The highest BCUT2D eigenvalue weighted by atomic mass is 35.5. The molecule has 1 aromatic heterocycles. The first-order valence-electron chi connectivity index (χ1n) is 7.95. The molecule has 0 unspecified atom stereocenters. The zero-order valence-electron chi connectivity index (χ0n) is 14.6. The third kappa shape index (κ3) is 3.86. The highest BCUT2D eigenvalue weighted by molar-refractivity contribution is 6.32. The number of hydrogen-bond donors (Lipinski definition) is 1. The summed E-state index contributed by atoms with van der Waals surface area (Å²) in [5, 5.41) is 10.6. The first-order valence-corrected chi connectivity index (χ1v) is 8.33. The Bertz CT molecular complexity index is 920. The fourth-order valence-electron chi connectivity index (χ4n) is 2.81. The van der Waals surface area contributed by atoms with Gasteiger partial charge < -0.3 is 28.5 Å². The molecule has 0 aliphatic carbocycles. The number of halogens is 1. The van der Waals surface area contributed by atoms with Crippen molar-refractivity contribution >= 4 is 17.6 Å². The topological polar surface area (TPSA) is 104 Å². The van der Waals surface area contributed by atoms with Crippen molar-refractivity contribution < 1.29 is 33.3 Å². The quantitative estimate of drug-likeness (QED) is 0.743. The van der Waals surface area contributed by atoms with Crippen LogP contribution in [0, 0.1) is 0 Å². The maximum atomic E-state index is 12.1. The van der Waals surface area contributed by atoms with Crippen LogP contribution in [0.3, 0.4) is 0 Å². The molecule has 0 spiro atoms. The van der Waals surface area contributed by atoms with Crippen molar-refractivity contribution in [2.45, 2.75) is 18.9 Å². The number of carbonyl (C=O) groups is 1. The molecule has 0 bridgehead atoms. The summed E-state index contributed by atoms with van der Waals surface area (Å²) in [5.41, 5.74) is -0.160. The molecule has 0 radical (unpaired) electrons. The van der Waals surface area contributed by atoms with E-state index in [0.717, 1.165) is 6.07 Å². The van der Waals surface area contributed by atoms with Crippen LogP contribution in [0.2, 0.25) is 5.02 Å². The van der Waals surface area contributed by atoms with E-state index in [4.69, 9.17) is 35.0 Å². The van der Waals surface area contributed by atoms with Crippen LogP contribution in [0.5, 0.6) is 17.2 Å². The lowest BCUT2D eigenvalue weighted by molar-refractivity contribution is -0.140. The second-order valence-corrected chi connectivity index (χ2v) is 6.20. The third-order valence-corrected chi connectivity index (χ3v) is 4.33. The summed E-state index contributed by atoms with van der Waals surface area (Å²) in [6.07, 6.45) is -0.195. The molecule has 8 nitrogen and oxygen atoms in total. The number of esters is 1. The van der Waals surface area contributed by atoms with Crippen LogP contribution in [0.25, 0.3) is 0 Å². The van der Waals surface area contributed by atoms with E-state index in [0.29, 0.717) is 17.1 Å². The maximum absolute atomic E-state index is 12.1. The summed E-state index contributed by atoms with van der Waals surface area (Å²) in [7, 11) is 2.68. The monoisotopic (exact) mass is 396 g/mol. The average Bonchev–Trinajstić information content (AvgIpc) is 3.12. The normalized spacial score (nSPS) is 13.4. The maximum Gasteiger partial charge on any atom is 0.306 e. The van der Waals surface area contributed by atoms with E-state index in [2.05, 4.69) is 0 Å². The second kappa shape index (κ2) is 7.89. The molecule has 2 heterocycles. The standard InChI is InChI=1S/C18H17ClO8/c1-23-7-10-5-13(20)16(22)17(27-10)11(6-15(21)24-2)9-3-12(19)18-14(4-9)25-8-26-18/h3-5,11,22H,6-8H2,1-2H3/t11-/m1/s1. The fourth-order valence-corrected chi connectivity index (χ4v) is 3.08. The second-order valence-electron chi connectivity index (χ2n) is 5.79. The highest BCUT2D eigenvalue weighted by Crippen LogP contribution is 2.44. The van der Waals surface area contributed by atoms with E-state index in [-0.39, 0.29) is 36.4 Å². The van der Waals surface area contributed by atoms with Crippen LogP contribution >= 0.6 is 11.6 Å². The Morgan fingerprint density at radius 3 is 2.78 bits per heavy atom. The SMILES string of the molecule is COCc1cc(=O)c(O)c([C@H](CC(=O)OC)c2cc(Cl)c3c(c2)OCO3)o1. The molecule has 1 atom stereocenters. The van der Waals surface area contributed by atoms with E-state index in [9.17, 15) is 14.7 Å². The molecule has 1 aromatic carbocycles. The average molecular weight is 397 g/mol. The Balaban J connectivity index is 2.14. The smallest absolute Gasteiger partial charge is 0.306 e. The van der Waals surface area contributed by atoms with Gasteiger partial charge in [0.15, 0.2) is 17.3 Å². The Morgan fingerprint density at radius 2 is 2.07 bits per heavy atom. The molecule has 9 heteroatoms. The summed E-state index contributed by atoms with van der Waals surface area (Å²) >= 11 is 6.23. The van der Waals surface area contributed by atoms with Gasteiger partial charge in [0.1, 0.15) is 12.4 Å². The molecule has 1 aliphatic rings. The summed E-state index contributed by atoms with van der Waals surface area (Å²) in [6, 6.07) is 4.31. The van der Waals surface area contributed by atoms with E-state index < -0.39 is 23.1 Å². The molecule has 1 N–H and O–H groups in total. The van der Waals surface area contributed by atoms with Gasteiger partial charge in [0.05, 0.1) is 24.5 Å². The number of carbonyl (C=O) groups excluding carboxylic acids is 1. The molecule has 3 rings (SSSR count). The Kier molecular flexibility index (Phi) is 5.57. The minimum absolute atomic E-state index is 0.0177. The van der Waals surface area contributed by atoms with Gasteiger partial charge in [-0.25, -0.2) is 0 Å². The van der Waals surface area contributed by atoms with Crippen LogP contribution in [0.15, 0.2) is 27.4 Å². The van der Waals surface area contributed by atoms with Crippen molar-refractivity contribution in [1.82, 2.24) is 0 Å². The zero-order valence-corrected chi connectivity index (χ0v) is 15.4. The van der Waals surface area contributed by atoms with Gasteiger partial charge in [-0.2, -0.15) is 0 Å². The Labute approximate surface area is 159 Å². The number of hydrogen-bond acceptors (Lipinski definition) is 8. The summed E-state index contributed by atoms with van der Waals surface area (Å²) in [6.45, 7) is 0.0409. The van der Waals surface area contributed by atoms with E-state index in [1.54, 1.807) is 12.1 Å². The van der Waals surface area contributed by atoms with E-state index >= 15 is 0 Å². The number of ether oxygens (including phenoxy) is 4. The largest absolute Gasteiger partial charge is 0.502 e. The Morgan fingerprint density at radius 1 is 1.30 bits per heavy atom. The van der Waals surface area contributed by atoms with Gasteiger partial charge in [0.25, 0.3) is 0 Å². The lowest BCUT2D eigenvalue weighted by Crippen LogP contribution is -2.14. The van der Waals surface area contributed by atoms with Gasteiger partial charge in [0, 0.05) is 13.2 Å². The molecule has 0 fully saturated rings. The number of benzene rings is 1. The number of aromatic hydroxyl groups is 1. The Hall–Kier alpha value is -2.71. The van der Waals surface area contributed by atoms with E-state index in [1.165, 1.54) is 14.2 Å². The van der Waals surface area contributed by atoms with Crippen LogP contribution in [0.1, 0.15) is 29.4 Å². The first kappa shape index (κ1) is 19.1. The van der Waals surface area contributed by atoms with Crippen molar-refractivity contribution in [3.63, 3.8) is 0 Å². The van der Waals surface area contributed by atoms with Gasteiger partial charge in [-0.05, 0) is 17.7 Å². The predicted octanol–water partition coefficient (Wildman–Crippen LogP) is 2.57. The van der Waals surface area contributed by atoms with Gasteiger partial charge in [0.2, 0.25) is 18.0 Å². The number of fused-ring (bicyclic) bond motifs is 1. The van der Waals surface area contributed by atoms with Crippen molar-refractivity contribution in [3.8, 4) is 17.2 Å². The number of rotatable bonds is 6. The number of methoxy groups -OCH3 is 2. The molecule has 0 saturated heterocycles. The highest BCUT2D eigenvalue weighted by Gasteiger charge is 2.29. The van der Waals surface area contributed by atoms with Crippen LogP contribution in [-0.4, -0.2) is 32.1 Å². The van der Waals surface area contributed by atoms with Gasteiger partial charge in [-0.1, -0.05) is 11.6 Å². The lowest BCUT2D eigenvalue weighted by atomic mass is 9.91. The lowest BCUT2D eigenvalue weighted by Gasteiger charge is -2.18. The van der Waals surface area contributed by atoms with Crippen molar-refractivity contribution in [3.05, 3.63) is 50.5 Å². The summed E-state index contributed by atoms with van der Waals surface area (Å²) in [4.78, 5) is 24.1. The van der Waals surface area contributed by atoms with E-state index in [1.807, 2.05) is 0 Å². The summed E-state index contributed by atoms with van der Waals surface area (Å²) < 4.78 is 26.0. The first-order chi connectivity index (χ1) is 12.9. The molecule has 2 aromatic rings. The van der Waals surface area contributed by atoms with Gasteiger partial charge >= 0.3 is 5.97 Å². The molecular weight excluding hydrogens is 380 g/mol. The molecular formula is C18H17ClO8. The van der Waals surface area contributed by atoms with Gasteiger partial charge in [-0.3, -0.25) is 9.59 Å². The van der Waals surface area contributed by atoms with Gasteiger partial charge in [-0.15, -0.1) is 0 Å². The van der Waals surface area contributed by atoms with Crippen molar-refractivity contribution in [1.29, 1.82) is 0 Å². The van der Waals surface area contributed by atoms with Crippen molar-refractivity contribution in [2.75, 3.05) is 21.0 Å². The fraction of sp³-hybridized carbons (Fsp3) is 0.333. The van der Waals surface area contributed by atoms with Crippen LogP contribution in [-0.2, 0) is 20.9 Å². The minimum atomic E-state index is -0.839. The third-order valence-electron chi connectivity index (χ3n) is 4.05. The molecule has 27 heavy (non-hydrogen) atoms. The zero-order chi connectivity index (χ0) is 19.6. The molecule has 144 valence electrons. The predicted molar refractivity (Wildman–Crippen MR) is 93.4 cm³/mol. The minimum Gasteiger partial charge on any atom is -0.502 e. The van der Waals surface area contributed by atoms with Crippen molar-refractivity contribution in [2.24, 2.45) is 0 Å². The molecule has 0 amide bonds. The van der Waals surface area contributed by atoms with Crippen LogP contribution in [0.4, 0.5) is 0 Å².